The second-order valence-corrected chi connectivity index (χ2v) is 7.35. The van der Waals surface area contributed by atoms with Gasteiger partial charge in [0.05, 0.1) is 0 Å². The first kappa shape index (κ1) is 16.3. The number of aliphatic hydroxyl groups excluding tert-OH is 1. The third kappa shape index (κ3) is 3.77. The number of rotatable bonds is 3. The summed E-state index contributed by atoms with van der Waals surface area (Å²) >= 11 is 1.73. The molecule has 1 aliphatic heterocycles. The molecule has 3 aromatic rings. The highest BCUT2D eigenvalue weighted by Crippen LogP contribution is 2.30. The van der Waals surface area contributed by atoms with Crippen molar-refractivity contribution in [3.63, 3.8) is 0 Å². The van der Waals surface area contributed by atoms with Crippen molar-refractivity contribution >= 4 is 22.4 Å². The topological polar surface area (TPSA) is 49.5 Å². The van der Waals surface area contributed by atoms with E-state index in [4.69, 9.17) is 9.52 Å². The summed E-state index contributed by atoms with van der Waals surface area (Å²) in [5, 5.41) is 10.8. The van der Waals surface area contributed by atoms with Gasteiger partial charge in [-0.1, -0.05) is 24.0 Å². The highest BCUT2D eigenvalue weighted by molar-refractivity contribution is 7.10. The third-order valence-electron chi connectivity index (χ3n) is 4.51. The van der Waals surface area contributed by atoms with E-state index in [1.54, 1.807) is 11.3 Å². The number of para-hydroxylation sites is 2. The molecular formula is C20H20N2O2S. The van der Waals surface area contributed by atoms with Crippen molar-refractivity contribution in [2.24, 2.45) is 0 Å². The van der Waals surface area contributed by atoms with Crippen LogP contribution in [0.15, 0.2) is 40.1 Å². The van der Waals surface area contributed by atoms with E-state index >= 15 is 0 Å². The SMILES string of the molecule is OCC#Cc1csc(CN2CCC[C@@H](c3nc4ccccc4o3)C2)c1. The van der Waals surface area contributed by atoms with Gasteiger partial charge in [0.1, 0.15) is 12.1 Å². The van der Waals surface area contributed by atoms with Gasteiger partial charge >= 0.3 is 0 Å². The number of likely N-dealkylation sites (tertiary alicyclic amines) is 1. The van der Waals surface area contributed by atoms with Crippen LogP contribution in [0.2, 0.25) is 0 Å². The number of fused-ring (bicyclic) bond motifs is 1. The molecular weight excluding hydrogens is 332 g/mol. The van der Waals surface area contributed by atoms with Crippen LogP contribution in [0.4, 0.5) is 0 Å². The van der Waals surface area contributed by atoms with Crippen LogP contribution in [-0.2, 0) is 6.54 Å². The fourth-order valence-electron chi connectivity index (χ4n) is 3.36. The molecule has 0 saturated carbocycles. The summed E-state index contributed by atoms with van der Waals surface area (Å²) in [6.45, 7) is 2.92. The molecule has 3 heterocycles. The zero-order valence-electron chi connectivity index (χ0n) is 13.9. The van der Waals surface area contributed by atoms with Crippen LogP contribution in [0, 0.1) is 11.8 Å². The number of aromatic nitrogens is 1. The Morgan fingerprint density at radius 1 is 1.36 bits per heavy atom. The summed E-state index contributed by atoms with van der Waals surface area (Å²) in [5.41, 5.74) is 2.81. The monoisotopic (exact) mass is 352 g/mol. The lowest BCUT2D eigenvalue weighted by Crippen LogP contribution is -2.33. The van der Waals surface area contributed by atoms with Crippen LogP contribution in [0.25, 0.3) is 11.1 Å². The Morgan fingerprint density at radius 3 is 3.16 bits per heavy atom. The maximum Gasteiger partial charge on any atom is 0.199 e. The molecule has 0 aliphatic carbocycles. The van der Waals surface area contributed by atoms with Gasteiger partial charge in [0, 0.05) is 34.8 Å². The van der Waals surface area contributed by atoms with Crippen molar-refractivity contribution in [3.05, 3.63) is 52.0 Å². The molecule has 1 fully saturated rings. The molecule has 4 nitrogen and oxygen atoms in total. The fraction of sp³-hybridized carbons (Fsp3) is 0.350. The molecule has 2 aromatic heterocycles. The average molecular weight is 352 g/mol. The zero-order chi connectivity index (χ0) is 17.1. The first-order chi connectivity index (χ1) is 12.3. The predicted molar refractivity (Wildman–Crippen MR) is 99.5 cm³/mol. The van der Waals surface area contributed by atoms with E-state index in [9.17, 15) is 0 Å². The van der Waals surface area contributed by atoms with E-state index in [-0.39, 0.29) is 6.61 Å². The van der Waals surface area contributed by atoms with Crippen LogP contribution >= 0.6 is 11.3 Å². The first-order valence-corrected chi connectivity index (χ1v) is 9.45. The number of hydrogen-bond donors (Lipinski definition) is 1. The molecule has 0 amide bonds. The number of piperidine rings is 1. The van der Waals surface area contributed by atoms with Gasteiger partial charge in [0.25, 0.3) is 0 Å². The second kappa shape index (κ2) is 7.40. The molecule has 1 N–H and O–H groups in total. The van der Waals surface area contributed by atoms with Gasteiger partial charge in [-0.05, 0) is 37.6 Å². The van der Waals surface area contributed by atoms with Gasteiger partial charge < -0.3 is 9.52 Å². The molecule has 25 heavy (non-hydrogen) atoms. The lowest BCUT2D eigenvalue weighted by molar-refractivity contribution is 0.188. The maximum atomic E-state index is 8.79. The van der Waals surface area contributed by atoms with E-state index < -0.39 is 0 Å². The normalized spacial score (nSPS) is 18.2. The van der Waals surface area contributed by atoms with Crippen LogP contribution in [-0.4, -0.2) is 34.7 Å². The lowest BCUT2D eigenvalue weighted by atomic mass is 9.98. The second-order valence-electron chi connectivity index (χ2n) is 6.36. The number of nitrogens with zero attached hydrogens (tertiary/aromatic N) is 2. The molecule has 0 unspecified atom stereocenters. The van der Waals surface area contributed by atoms with Gasteiger partial charge in [-0.15, -0.1) is 11.3 Å². The van der Waals surface area contributed by atoms with Crippen LogP contribution < -0.4 is 0 Å². The first-order valence-electron chi connectivity index (χ1n) is 8.57. The molecule has 128 valence electrons. The maximum absolute atomic E-state index is 8.79. The standard InChI is InChI=1S/C20H20N2O2S/c23-10-4-5-15-11-17(25-14-15)13-22-9-3-6-16(12-22)20-21-18-7-1-2-8-19(18)24-20/h1-2,7-8,11,14,16,23H,3,6,9-10,12-13H2/t16-/m1/s1. The molecule has 0 radical (unpaired) electrons. The van der Waals surface area contributed by atoms with Crippen molar-refractivity contribution in [2.75, 3.05) is 19.7 Å². The Labute approximate surface area is 151 Å². The summed E-state index contributed by atoms with van der Waals surface area (Å²) in [7, 11) is 0. The van der Waals surface area contributed by atoms with Gasteiger partial charge in [-0.25, -0.2) is 4.98 Å². The van der Waals surface area contributed by atoms with Gasteiger partial charge in [0.15, 0.2) is 11.5 Å². The zero-order valence-corrected chi connectivity index (χ0v) is 14.8. The smallest absolute Gasteiger partial charge is 0.199 e. The van der Waals surface area contributed by atoms with E-state index in [1.165, 1.54) is 4.88 Å². The molecule has 4 rings (SSSR count). The number of hydrogen-bond acceptors (Lipinski definition) is 5. The van der Waals surface area contributed by atoms with Crippen LogP contribution in [0.5, 0.6) is 0 Å². The predicted octanol–water partition coefficient (Wildman–Crippen LogP) is 3.61. The quantitative estimate of drug-likeness (QED) is 0.732. The minimum Gasteiger partial charge on any atom is -0.440 e. The number of aliphatic hydroxyl groups is 1. The number of benzene rings is 1. The Bertz CT molecular complexity index is 885. The molecule has 5 heteroatoms. The Morgan fingerprint density at radius 2 is 2.28 bits per heavy atom. The molecule has 1 saturated heterocycles. The number of thiophene rings is 1. The minimum atomic E-state index is -0.0938. The third-order valence-corrected chi connectivity index (χ3v) is 5.43. The van der Waals surface area contributed by atoms with Crippen molar-refractivity contribution in [2.45, 2.75) is 25.3 Å². The van der Waals surface area contributed by atoms with Crippen LogP contribution in [0.3, 0.4) is 0 Å². The summed E-state index contributed by atoms with van der Waals surface area (Å²) in [6.07, 6.45) is 2.28. The molecule has 0 spiro atoms. The highest BCUT2D eigenvalue weighted by Gasteiger charge is 2.25. The van der Waals surface area contributed by atoms with Gasteiger partial charge in [-0.2, -0.15) is 0 Å². The van der Waals surface area contributed by atoms with Crippen molar-refractivity contribution in [1.29, 1.82) is 0 Å². The van der Waals surface area contributed by atoms with Crippen molar-refractivity contribution in [3.8, 4) is 11.8 Å². The fourth-order valence-corrected chi connectivity index (χ4v) is 4.21. The van der Waals surface area contributed by atoms with Crippen molar-refractivity contribution in [1.82, 2.24) is 9.88 Å². The molecule has 1 atom stereocenters. The molecule has 1 aromatic carbocycles. The summed E-state index contributed by atoms with van der Waals surface area (Å²) in [6, 6.07) is 10.1. The highest BCUT2D eigenvalue weighted by atomic mass is 32.1. The lowest BCUT2D eigenvalue weighted by Gasteiger charge is -2.30. The van der Waals surface area contributed by atoms with E-state index in [1.807, 2.05) is 24.3 Å². The molecule has 0 bridgehead atoms. The Balaban J connectivity index is 1.44. The summed E-state index contributed by atoms with van der Waals surface area (Å²) in [5.74, 6) is 6.89. The summed E-state index contributed by atoms with van der Waals surface area (Å²) in [4.78, 5) is 8.46. The Kier molecular flexibility index (Phi) is 4.84. The largest absolute Gasteiger partial charge is 0.440 e. The van der Waals surface area contributed by atoms with Crippen LogP contribution in [0.1, 0.15) is 35.1 Å². The number of oxazole rings is 1. The average Bonchev–Trinajstić information content (AvgIpc) is 3.27. The van der Waals surface area contributed by atoms with Crippen molar-refractivity contribution < 1.29 is 9.52 Å². The summed E-state index contributed by atoms with van der Waals surface area (Å²) < 4.78 is 5.98. The molecule has 1 aliphatic rings. The van der Waals surface area contributed by atoms with E-state index in [0.29, 0.717) is 5.92 Å². The minimum absolute atomic E-state index is 0.0938. The van der Waals surface area contributed by atoms with Gasteiger partial charge in [-0.3, -0.25) is 4.90 Å². The van der Waals surface area contributed by atoms with E-state index in [2.05, 4.69) is 33.2 Å². The van der Waals surface area contributed by atoms with Gasteiger partial charge in [0.2, 0.25) is 0 Å². The van der Waals surface area contributed by atoms with E-state index in [0.717, 1.165) is 55.0 Å². The Hall–Kier alpha value is -2.13.